The number of rotatable bonds is 8. The Morgan fingerprint density at radius 2 is 1.94 bits per heavy atom. The highest BCUT2D eigenvalue weighted by Crippen LogP contribution is 2.20. The fraction of sp³-hybridized carbons (Fsp3) is 0.929. The van der Waals surface area contributed by atoms with Gasteiger partial charge in [-0.2, -0.15) is 0 Å². The molecule has 1 aliphatic rings. The van der Waals surface area contributed by atoms with Crippen LogP contribution in [0.1, 0.15) is 46.5 Å². The Morgan fingerprint density at radius 1 is 1.28 bits per heavy atom. The van der Waals surface area contributed by atoms with Gasteiger partial charge in [-0.15, -0.1) is 0 Å². The Labute approximate surface area is 111 Å². The predicted octanol–water partition coefficient (Wildman–Crippen LogP) is 1.70. The van der Waals surface area contributed by atoms with E-state index in [1.165, 1.54) is 25.7 Å². The van der Waals surface area contributed by atoms with E-state index >= 15 is 0 Å². The summed E-state index contributed by atoms with van der Waals surface area (Å²) >= 11 is 0. The maximum atomic E-state index is 11.7. The first-order chi connectivity index (χ1) is 8.59. The minimum atomic E-state index is -0.143. The van der Waals surface area contributed by atoms with E-state index < -0.39 is 0 Å². The molecule has 0 spiro atoms. The number of carbonyl (C=O) groups excluding carboxylic acids is 1. The highest BCUT2D eigenvalue weighted by Gasteiger charge is 2.15. The molecule has 0 aliphatic heterocycles. The first-order valence-corrected chi connectivity index (χ1v) is 7.22. The van der Waals surface area contributed by atoms with Crippen molar-refractivity contribution in [3.05, 3.63) is 0 Å². The van der Waals surface area contributed by atoms with Crippen molar-refractivity contribution in [1.82, 2.24) is 10.6 Å². The molecule has 1 amide bonds. The third-order valence-corrected chi connectivity index (χ3v) is 3.29. The summed E-state index contributed by atoms with van der Waals surface area (Å²) in [5, 5.41) is 6.11. The van der Waals surface area contributed by atoms with Gasteiger partial charge >= 0.3 is 0 Å². The Bertz CT molecular complexity index is 238. The first kappa shape index (κ1) is 15.4. The van der Waals surface area contributed by atoms with E-state index in [1.807, 2.05) is 6.92 Å². The summed E-state index contributed by atoms with van der Waals surface area (Å²) in [6, 6.07) is -0.143. The zero-order chi connectivity index (χ0) is 13.4. The van der Waals surface area contributed by atoms with Gasteiger partial charge in [0.2, 0.25) is 5.91 Å². The zero-order valence-corrected chi connectivity index (χ0v) is 12.0. The second-order valence-electron chi connectivity index (χ2n) is 5.59. The van der Waals surface area contributed by atoms with E-state index in [0.717, 1.165) is 13.1 Å². The SMILES string of the molecule is CC(C)CNC(=O)C(C)NCCOC1CCCC1. The van der Waals surface area contributed by atoms with E-state index in [1.54, 1.807) is 0 Å². The quantitative estimate of drug-likeness (QED) is 0.650. The van der Waals surface area contributed by atoms with Gasteiger partial charge in [0, 0.05) is 13.1 Å². The Hall–Kier alpha value is -0.610. The molecule has 1 saturated carbocycles. The average molecular weight is 256 g/mol. The second kappa shape index (κ2) is 8.48. The molecule has 18 heavy (non-hydrogen) atoms. The monoisotopic (exact) mass is 256 g/mol. The number of nitrogens with one attached hydrogen (secondary N) is 2. The molecule has 0 bridgehead atoms. The van der Waals surface area contributed by atoms with Crippen LogP contribution in [0.25, 0.3) is 0 Å². The number of carbonyl (C=O) groups is 1. The van der Waals surface area contributed by atoms with Gasteiger partial charge in [0.25, 0.3) is 0 Å². The molecule has 1 fully saturated rings. The van der Waals surface area contributed by atoms with Crippen molar-refractivity contribution in [2.75, 3.05) is 19.7 Å². The summed E-state index contributed by atoms with van der Waals surface area (Å²) in [5.41, 5.74) is 0. The van der Waals surface area contributed by atoms with Crippen molar-refractivity contribution in [3.8, 4) is 0 Å². The minimum absolute atomic E-state index is 0.0737. The summed E-state index contributed by atoms with van der Waals surface area (Å²) in [5.74, 6) is 0.566. The van der Waals surface area contributed by atoms with E-state index in [4.69, 9.17) is 4.74 Å². The van der Waals surface area contributed by atoms with Gasteiger partial charge in [-0.3, -0.25) is 4.79 Å². The standard InChI is InChI=1S/C14H28N2O2/c1-11(2)10-16-14(17)12(3)15-8-9-18-13-6-4-5-7-13/h11-13,15H,4-10H2,1-3H3,(H,16,17). The molecule has 0 aromatic rings. The summed E-state index contributed by atoms with van der Waals surface area (Å²) in [6.45, 7) is 8.26. The molecular weight excluding hydrogens is 228 g/mol. The van der Waals surface area contributed by atoms with E-state index in [-0.39, 0.29) is 11.9 Å². The molecular formula is C14H28N2O2. The normalized spacial score (nSPS) is 18.2. The number of ether oxygens (including phenoxy) is 1. The minimum Gasteiger partial charge on any atom is -0.377 e. The first-order valence-electron chi connectivity index (χ1n) is 7.22. The van der Waals surface area contributed by atoms with Crippen molar-refractivity contribution in [2.45, 2.75) is 58.6 Å². The number of hydrogen-bond donors (Lipinski definition) is 2. The van der Waals surface area contributed by atoms with Gasteiger partial charge < -0.3 is 15.4 Å². The van der Waals surface area contributed by atoms with Crippen LogP contribution in [0.4, 0.5) is 0 Å². The fourth-order valence-electron chi connectivity index (χ4n) is 2.11. The molecule has 1 rings (SSSR count). The Balaban J connectivity index is 2.01. The summed E-state index contributed by atoms with van der Waals surface area (Å²) in [6.07, 6.45) is 5.45. The fourth-order valence-corrected chi connectivity index (χ4v) is 2.11. The Kier molecular flexibility index (Phi) is 7.28. The van der Waals surface area contributed by atoms with Crippen LogP contribution in [0, 0.1) is 5.92 Å². The molecule has 0 saturated heterocycles. The van der Waals surface area contributed by atoms with Crippen molar-refractivity contribution in [3.63, 3.8) is 0 Å². The van der Waals surface area contributed by atoms with E-state index in [9.17, 15) is 4.79 Å². The number of hydrogen-bond acceptors (Lipinski definition) is 3. The van der Waals surface area contributed by atoms with Crippen LogP contribution in [0.3, 0.4) is 0 Å². The molecule has 1 atom stereocenters. The maximum absolute atomic E-state index is 11.7. The lowest BCUT2D eigenvalue weighted by atomic mass is 10.2. The third kappa shape index (κ3) is 6.36. The smallest absolute Gasteiger partial charge is 0.236 e. The molecule has 4 nitrogen and oxygen atoms in total. The van der Waals surface area contributed by atoms with Gasteiger partial charge in [-0.05, 0) is 25.7 Å². The largest absolute Gasteiger partial charge is 0.377 e. The zero-order valence-electron chi connectivity index (χ0n) is 12.0. The predicted molar refractivity (Wildman–Crippen MR) is 73.5 cm³/mol. The molecule has 4 heteroatoms. The molecule has 2 N–H and O–H groups in total. The van der Waals surface area contributed by atoms with E-state index in [2.05, 4.69) is 24.5 Å². The van der Waals surface area contributed by atoms with Crippen LogP contribution >= 0.6 is 0 Å². The second-order valence-corrected chi connectivity index (χ2v) is 5.59. The van der Waals surface area contributed by atoms with Gasteiger partial charge in [-0.1, -0.05) is 26.7 Å². The highest BCUT2D eigenvalue weighted by atomic mass is 16.5. The van der Waals surface area contributed by atoms with Crippen molar-refractivity contribution < 1.29 is 9.53 Å². The topological polar surface area (TPSA) is 50.4 Å². The summed E-state index contributed by atoms with van der Waals surface area (Å²) in [4.78, 5) is 11.7. The summed E-state index contributed by atoms with van der Waals surface area (Å²) in [7, 11) is 0. The van der Waals surface area contributed by atoms with Gasteiger partial charge in [0.15, 0.2) is 0 Å². The molecule has 1 unspecified atom stereocenters. The number of amides is 1. The lowest BCUT2D eigenvalue weighted by Gasteiger charge is -2.16. The maximum Gasteiger partial charge on any atom is 0.236 e. The van der Waals surface area contributed by atoms with Crippen molar-refractivity contribution in [2.24, 2.45) is 5.92 Å². The van der Waals surface area contributed by atoms with Crippen LogP contribution in [-0.4, -0.2) is 37.7 Å². The molecule has 1 aliphatic carbocycles. The van der Waals surface area contributed by atoms with Crippen LogP contribution in [0.2, 0.25) is 0 Å². The molecule has 0 aromatic heterocycles. The molecule has 106 valence electrons. The van der Waals surface area contributed by atoms with E-state index in [0.29, 0.717) is 18.6 Å². The van der Waals surface area contributed by atoms with Crippen molar-refractivity contribution >= 4 is 5.91 Å². The van der Waals surface area contributed by atoms with Gasteiger partial charge in [-0.25, -0.2) is 0 Å². The van der Waals surface area contributed by atoms with Gasteiger partial charge in [0.05, 0.1) is 18.8 Å². The van der Waals surface area contributed by atoms with Crippen LogP contribution in [0.15, 0.2) is 0 Å². The molecule has 0 heterocycles. The molecule has 0 radical (unpaired) electrons. The van der Waals surface area contributed by atoms with Crippen LogP contribution in [-0.2, 0) is 9.53 Å². The molecule has 0 aromatic carbocycles. The van der Waals surface area contributed by atoms with Gasteiger partial charge in [0.1, 0.15) is 0 Å². The highest BCUT2D eigenvalue weighted by molar-refractivity contribution is 5.81. The van der Waals surface area contributed by atoms with Crippen LogP contribution in [0.5, 0.6) is 0 Å². The third-order valence-electron chi connectivity index (χ3n) is 3.29. The average Bonchev–Trinajstić information content (AvgIpc) is 2.84. The van der Waals surface area contributed by atoms with Crippen molar-refractivity contribution in [1.29, 1.82) is 0 Å². The summed E-state index contributed by atoms with van der Waals surface area (Å²) < 4.78 is 5.74. The lowest BCUT2D eigenvalue weighted by Crippen LogP contribution is -2.44. The van der Waals surface area contributed by atoms with Crippen LogP contribution < -0.4 is 10.6 Å². The Morgan fingerprint density at radius 3 is 2.56 bits per heavy atom. The lowest BCUT2D eigenvalue weighted by molar-refractivity contribution is -0.122.